The molecule has 0 aliphatic carbocycles. The Bertz CT molecular complexity index is 503. The minimum absolute atomic E-state index is 0.0430. The molecule has 0 N–H and O–H groups in total. The van der Waals surface area contributed by atoms with Crippen LogP contribution in [-0.2, 0) is 4.74 Å². The quantitative estimate of drug-likeness (QED) is 0.636. The molecule has 1 aliphatic heterocycles. The number of nitrogens with zero attached hydrogens (tertiary/aromatic N) is 1. The predicted molar refractivity (Wildman–Crippen MR) is 102 cm³/mol. The van der Waals surface area contributed by atoms with Crippen LogP contribution in [0.1, 0.15) is 75.2 Å². The zero-order chi connectivity index (χ0) is 18.7. The Kier molecular flexibility index (Phi) is 6.72. The molecule has 3 nitrogen and oxygen atoms in total. The normalized spacial score (nSPS) is 21.4. The zero-order valence-electron chi connectivity index (χ0n) is 17.2. The summed E-state index contributed by atoms with van der Waals surface area (Å²) in [7, 11) is 0. The highest BCUT2D eigenvalue weighted by atomic mass is 16.6. The van der Waals surface area contributed by atoms with Crippen molar-refractivity contribution in [2.75, 3.05) is 6.54 Å². The van der Waals surface area contributed by atoms with Gasteiger partial charge in [-0.1, -0.05) is 58.8 Å². The molecule has 1 heterocycles. The highest BCUT2D eigenvalue weighted by molar-refractivity contribution is 5.70. The predicted octanol–water partition coefficient (Wildman–Crippen LogP) is 5.96. The lowest BCUT2D eigenvalue weighted by Gasteiger charge is -2.45. The van der Waals surface area contributed by atoms with Gasteiger partial charge in [-0.3, -0.25) is 0 Å². The number of rotatable bonds is 3. The summed E-state index contributed by atoms with van der Waals surface area (Å²) in [4.78, 5) is 14.7. The summed E-state index contributed by atoms with van der Waals surface area (Å²) in [6.07, 6.45) is 6.35. The van der Waals surface area contributed by atoms with Crippen LogP contribution in [0.4, 0.5) is 4.79 Å². The Balaban J connectivity index is 3.21. The van der Waals surface area contributed by atoms with Crippen LogP contribution in [0.3, 0.4) is 0 Å². The fraction of sp³-hybridized carbons (Fsp3) is 0.762. The molecule has 0 aromatic rings. The molecule has 1 rings (SSSR count). The molecule has 1 aliphatic rings. The molecule has 0 saturated carbocycles. The number of allylic oxidation sites excluding steroid dienone is 1. The van der Waals surface area contributed by atoms with E-state index in [1.807, 2.05) is 25.7 Å². The fourth-order valence-electron chi connectivity index (χ4n) is 3.05. The summed E-state index contributed by atoms with van der Waals surface area (Å²) >= 11 is 0. The molecular weight excluding hydrogens is 298 g/mol. The van der Waals surface area contributed by atoms with Gasteiger partial charge in [-0.25, -0.2) is 4.79 Å². The number of hydrogen-bond donors (Lipinski definition) is 0. The molecule has 0 aromatic heterocycles. The third kappa shape index (κ3) is 5.68. The lowest BCUT2D eigenvalue weighted by molar-refractivity contribution is 0.00654. The van der Waals surface area contributed by atoms with Gasteiger partial charge in [0.2, 0.25) is 0 Å². The van der Waals surface area contributed by atoms with Crippen LogP contribution in [0.25, 0.3) is 0 Å². The van der Waals surface area contributed by atoms with E-state index < -0.39 is 5.60 Å². The molecule has 24 heavy (non-hydrogen) atoms. The Morgan fingerprint density at radius 1 is 1.29 bits per heavy atom. The molecule has 0 aromatic carbocycles. The van der Waals surface area contributed by atoms with Gasteiger partial charge in [-0.2, -0.15) is 0 Å². The highest BCUT2D eigenvalue weighted by Gasteiger charge is 2.40. The minimum atomic E-state index is -0.470. The van der Waals surface area contributed by atoms with Crippen LogP contribution in [-0.4, -0.2) is 29.2 Å². The van der Waals surface area contributed by atoms with E-state index in [1.165, 1.54) is 11.1 Å². The second-order valence-electron chi connectivity index (χ2n) is 9.17. The standard InChI is InChI=1S/C21H37NO2/c1-10-15(2)11-12-17-16(3)13-14-22(18(17)20(4,5)6)19(23)24-21(7,8)9/h11-12,15,18H,10,13-14H2,1-9H3/b12-11-. The summed E-state index contributed by atoms with van der Waals surface area (Å²) in [6.45, 7) is 19.7. The van der Waals surface area contributed by atoms with E-state index in [1.54, 1.807) is 0 Å². The third-order valence-electron chi connectivity index (χ3n) is 4.52. The van der Waals surface area contributed by atoms with Crippen LogP contribution in [0, 0.1) is 11.3 Å². The fourth-order valence-corrected chi connectivity index (χ4v) is 3.05. The molecule has 2 atom stereocenters. The second kappa shape index (κ2) is 7.76. The van der Waals surface area contributed by atoms with E-state index in [-0.39, 0.29) is 17.6 Å². The van der Waals surface area contributed by atoms with Crippen molar-refractivity contribution in [2.24, 2.45) is 11.3 Å². The van der Waals surface area contributed by atoms with Crippen molar-refractivity contribution in [3.8, 4) is 0 Å². The summed E-state index contributed by atoms with van der Waals surface area (Å²) in [6, 6.07) is 0.0430. The van der Waals surface area contributed by atoms with Crippen LogP contribution >= 0.6 is 0 Å². The molecule has 0 spiro atoms. The maximum atomic E-state index is 12.8. The zero-order valence-corrected chi connectivity index (χ0v) is 17.2. The minimum Gasteiger partial charge on any atom is -0.444 e. The molecule has 0 bridgehead atoms. The van der Waals surface area contributed by atoms with Crippen molar-refractivity contribution < 1.29 is 9.53 Å². The topological polar surface area (TPSA) is 29.5 Å². The van der Waals surface area contributed by atoms with E-state index in [9.17, 15) is 4.79 Å². The monoisotopic (exact) mass is 335 g/mol. The molecule has 2 unspecified atom stereocenters. The number of carbonyl (C=O) groups is 1. The summed E-state index contributed by atoms with van der Waals surface area (Å²) in [5.74, 6) is 0.544. The first-order chi connectivity index (χ1) is 10.9. The third-order valence-corrected chi connectivity index (χ3v) is 4.52. The molecular formula is C21H37NO2. The lowest BCUT2D eigenvalue weighted by Crippen LogP contribution is -2.52. The first kappa shape index (κ1) is 20.8. The Morgan fingerprint density at radius 3 is 2.33 bits per heavy atom. The maximum Gasteiger partial charge on any atom is 0.410 e. The molecule has 138 valence electrons. The number of ether oxygens (including phenoxy) is 1. The Labute approximate surface area is 149 Å². The smallest absolute Gasteiger partial charge is 0.410 e. The van der Waals surface area contributed by atoms with Crippen LogP contribution < -0.4 is 0 Å². The van der Waals surface area contributed by atoms with Crippen molar-refractivity contribution in [3.05, 3.63) is 23.3 Å². The molecule has 1 amide bonds. The van der Waals surface area contributed by atoms with E-state index >= 15 is 0 Å². The summed E-state index contributed by atoms with van der Waals surface area (Å²) < 4.78 is 5.67. The van der Waals surface area contributed by atoms with Crippen molar-refractivity contribution in [3.63, 3.8) is 0 Å². The van der Waals surface area contributed by atoms with Crippen LogP contribution in [0.2, 0.25) is 0 Å². The van der Waals surface area contributed by atoms with Crippen molar-refractivity contribution in [1.29, 1.82) is 0 Å². The average molecular weight is 336 g/mol. The van der Waals surface area contributed by atoms with Gasteiger partial charge >= 0.3 is 6.09 Å². The van der Waals surface area contributed by atoms with E-state index in [4.69, 9.17) is 4.74 Å². The lowest BCUT2D eigenvalue weighted by atomic mass is 9.77. The maximum absolute atomic E-state index is 12.8. The van der Waals surface area contributed by atoms with Gasteiger partial charge in [0.1, 0.15) is 5.60 Å². The van der Waals surface area contributed by atoms with Gasteiger partial charge in [-0.05, 0) is 51.0 Å². The Morgan fingerprint density at radius 2 is 1.88 bits per heavy atom. The molecule has 0 saturated heterocycles. The summed E-state index contributed by atoms with van der Waals surface area (Å²) in [5.41, 5.74) is 2.14. The van der Waals surface area contributed by atoms with Gasteiger partial charge in [0.25, 0.3) is 0 Å². The van der Waals surface area contributed by atoms with E-state index in [2.05, 4.69) is 53.7 Å². The summed E-state index contributed by atoms with van der Waals surface area (Å²) in [5, 5.41) is 0. The number of amides is 1. The molecule has 3 heteroatoms. The van der Waals surface area contributed by atoms with Crippen LogP contribution in [0.5, 0.6) is 0 Å². The number of carbonyl (C=O) groups excluding carboxylic acids is 1. The van der Waals surface area contributed by atoms with E-state index in [0.717, 1.165) is 19.4 Å². The SMILES string of the molecule is CCC(C)/C=C\C1=C(C)CCN(C(=O)OC(C)(C)C)C1C(C)(C)C. The van der Waals surface area contributed by atoms with Gasteiger partial charge in [-0.15, -0.1) is 0 Å². The van der Waals surface area contributed by atoms with Crippen molar-refractivity contribution in [1.82, 2.24) is 4.90 Å². The average Bonchev–Trinajstić information content (AvgIpc) is 2.42. The number of hydrogen-bond acceptors (Lipinski definition) is 2. The van der Waals surface area contributed by atoms with Crippen molar-refractivity contribution >= 4 is 6.09 Å². The molecule has 0 radical (unpaired) electrons. The first-order valence-electron chi connectivity index (χ1n) is 9.24. The van der Waals surface area contributed by atoms with Gasteiger partial charge in [0.05, 0.1) is 6.04 Å². The highest BCUT2D eigenvalue weighted by Crippen LogP contribution is 2.37. The Hall–Kier alpha value is -1.25. The first-order valence-corrected chi connectivity index (χ1v) is 9.24. The second-order valence-corrected chi connectivity index (χ2v) is 9.17. The van der Waals surface area contributed by atoms with Crippen molar-refractivity contribution in [2.45, 2.75) is 86.8 Å². The van der Waals surface area contributed by atoms with Crippen LogP contribution in [0.15, 0.2) is 23.3 Å². The van der Waals surface area contributed by atoms with Gasteiger partial charge in [0.15, 0.2) is 0 Å². The largest absolute Gasteiger partial charge is 0.444 e. The molecule has 0 fully saturated rings. The van der Waals surface area contributed by atoms with Gasteiger partial charge < -0.3 is 9.64 Å². The van der Waals surface area contributed by atoms with Gasteiger partial charge in [0, 0.05) is 6.54 Å². The van der Waals surface area contributed by atoms with E-state index in [0.29, 0.717) is 5.92 Å².